The predicted octanol–water partition coefficient (Wildman–Crippen LogP) is 2.74. The zero-order valence-corrected chi connectivity index (χ0v) is 9.71. The lowest BCUT2D eigenvalue weighted by molar-refractivity contribution is 0.315. The van der Waals surface area contributed by atoms with Crippen LogP contribution >= 0.6 is 0 Å². The first-order chi connectivity index (χ1) is 8.92. The van der Waals surface area contributed by atoms with Gasteiger partial charge in [0.05, 0.1) is 5.69 Å². The first kappa shape index (κ1) is 9.65. The largest absolute Gasteiger partial charge is 0.361 e. The fourth-order valence-corrected chi connectivity index (χ4v) is 2.55. The van der Waals surface area contributed by atoms with Crippen molar-refractivity contribution in [2.75, 3.05) is 4.90 Å². The Morgan fingerprint density at radius 1 is 0.889 bits per heavy atom. The molecule has 3 aromatic rings. The maximum atomic E-state index is 4.82. The molecule has 0 aliphatic carbocycles. The first-order valence-corrected chi connectivity index (χ1v) is 5.95. The van der Waals surface area contributed by atoms with Gasteiger partial charge in [-0.1, -0.05) is 30.3 Å². The zero-order valence-electron chi connectivity index (χ0n) is 9.71. The number of hydrogen-bond donors (Lipinski definition) is 0. The van der Waals surface area contributed by atoms with Crippen LogP contribution in [0, 0.1) is 0 Å². The van der Waals surface area contributed by atoms with E-state index in [4.69, 9.17) is 4.63 Å². The van der Waals surface area contributed by atoms with Crippen LogP contribution in [0.1, 0.15) is 11.1 Å². The fourth-order valence-electron chi connectivity index (χ4n) is 2.55. The van der Waals surface area contributed by atoms with Gasteiger partial charge in [0.15, 0.2) is 5.52 Å². The second-order valence-electron chi connectivity index (χ2n) is 4.53. The normalized spacial score (nSPS) is 14.1. The number of anilines is 1. The lowest BCUT2D eigenvalue weighted by Gasteiger charge is -2.17. The summed E-state index contributed by atoms with van der Waals surface area (Å²) >= 11 is 0. The summed E-state index contributed by atoms with van der Waals surface area (Å²) < 4.78 is 4.82. The standard InChI is InChI=1S/C14H11N3O/c1-2-5-11-9-17(8-10(11)4-1)13-7-3-6-12-14(13)16-18-15-12/h1-7H,8-9H2. The molecule has 0 saturated heterocycles. The molecule has 0 saturated carbocycles. The van der Waals surface area contributed by atoms with Crippen LogP contribution in [0.4, 0.5) is 5.69 Å². The Kier molecular flexibility index (Phi) is 1.91. The average molecular weight is 237 g/mol. The maximum Gasteiger partial charge on any atom is 0.158 e. The van der Waals surface area contributed by atoms with Crippen LogP contribution < -0.4 is 4.90 Å². The Morgan fingerprint density at radius 2 is 1.67 bits per heavy atom. The highest BCUT2D eigenvalue weighted by atomic mass is 16.6. The molecule has 0 atom stereocenters. The molecule has 0 N–H and O–H groups in total. The minimum absolute atomic E-state index is 0.809. The molecule has 0 amide bonds. The maximum absolute atomic E-state index is 4.82. The quantitative estimate of drug-likeness (QED) is 0.652. The van der Waals surface area contributed by atoms with Crippen molar-refractivity contribution >= 4 is 16.7 Å². The third-order valence-electron chi connectivity index (χ3n) is 3.45. The molecule has 18 heavy (non-hydrogen) atoms. The number of hydrogen-bond acceptors (Lipinski definition) is 4. The molecule has 4 nitrogen and oxygen atoms in total. The van der Waals surface area contributed by atoms with Gasteiger partial charge in [-0.25, -0.2) is 4.63 Å². The summed E-state index contributed by atoms with van der Waals surface area (Å²) in [5.41, 5.74) is 5.50. The molecule has 0 spiro atoms. The van der Waals surface area contributed by atoms with Crippen molar-refractivity contribution in [3.8, 4) is 0 Å². The summed E-state index contributed by atoms with van der Waals surface area (Å²) in [5, 5.41) is 7.89. The minimum Gasteiger partial charge on any atom is -0.361 e. The van der Waals surface area contributed by atoms with Crippen molar-refractivity contribution in [3.63, 3.8) is 0 Å². The molecule has 1 aliphatic rings. The molecule has 0 bridgehead atoms. The molecule has 4 rings (SSSR count). The topological polar surface area (TPSA) is 42.2 Å². The van der Waals surface area contributed by atoms with Crippen molar-refractivity contribution in [2.24, 2.45) is 0 Å². The van der Waals surface area contributed by atoms with Crippen molar-refractivity contribution in [2.45, 2.75) is 13.1 Å². The van der Waals surface area contributed by atoms with Gasteiger partial charge < -0.3 is 4.90 Å². The fraction of sp³-hybridized carbons (Fsp3) is 0.143. The third kappa shape index (κ3) is 1.32. The Morgan fingerprint density at radius 3 is 2.44 bits per heavy atom. The van der Waals surface area contributed by atoms with Crippen LogP contribution in [0.2, 0.25) is 0 Å². The van der Waals surface area contributed by atoms with Gasteiger partial charge in [-0.15, -0.1) is 0 Å². The Labute approximate surface area is 104 Å². The van der Waals surface area contributed by atoms with E-state index in [-0.39, 0.29) is 0 Å². The monoisotopic (exact) mass is 237 g/mol. The van der Waals surface area contributed by atoms with E-state index in [1.54, 1.807) is 0 Å². The number of benzene rings is 2. The summed E-state index contributed by atoms with van der Waals surface area (Å²) in [6.45, 7) is 1.84. The van der Waals surface area contributed by atoms with Crippen LogP contribution in [-0.4, -0.2) is 10.3 Å². The lowest BCUT2D eigenvalue weighted by atomic mass is 10.1. The molecule has 2 aromatic carbocycles. The van der Waals surface area contributed by atoms with Gasteiger partial charge in [-0.2, -0.15) is 0 Å². The Hall–Kier alpha value is -2.36. The van der Waals surface area contributed by atoms with Gasteiger partial charge in [0.2, 0.25) is 0 Å². The zero-order chi connectivity index (χ0) is 11.9. The van der Waals surface area contributed by atoms with Crippen LogP contribution in [0.5, 0.6) is 0 Å². The molecule has 4 heteroatoms. The van der Waals surface area contributed by atoms with Crippen molar-refractivity contribution in [3.05, 3.63) is 53.6 Å². The van der Waals surface area contributed by atoms with Crippen LogP contribution in [0.15, 0.2) is 47.1 Å². The summed E-state index contributed by atoms with van der Waals surface area (Å²) in [6.07, 6.45) is 0. The average Bonchev–Trinajstić information content (AvgIpc) is 3.04. The Balaban J connectivity index is 1.80. The van der Waals surface area contributed by atoms with E-state index >= 15 is 0 Å². The molecule has 0 unspecified atom stereocenters. The van der Waals surface area contributed by atoms with E-state index in [0.717, 1.165) is 29.8 Å². The number of rotatable bonds is 1. The highest BCUT2D eigenvalue weighted by Gasteiger charge is 2.21. The van der Waals surface area contributed by atoms with Gasteiger partial charge in [-0.05, 0) is 33.6 Å². The van der Waals surface area contributed by atoms with Crippen LogP contribution in [0.3, 0.4) is 0 Å². The van der Waals surface area contributed by atoms with E-state index in [0.29, 0.717) is 0 Å². The summed E-state index contributed by atoms with van der Waals surface area (Å²) in [4.78, 5) is 2.30. The van der Waals surface area contributed by atoms with E-state index in [9.17, 15) is 0 Å². The molecule has 1 aromatic heterocycles. The van der Waals surface area contributed by atoms with Crippen LogP contribution in [0.25, 0.3) is 11.0 Å². The van der Waals surface area contributed by atoms with E-state index < -0.39 is 0 Å². The second kappa shape index (κ2) is 3.57. The highest BCUT2D eigenvalue weighted by Crippen LogP contribution is 2.31. The SMILES string of the molecule is c1ccc2c(c1)CN(c1cccc3nonc13)C2. The molecular weight excluding hydrogens is 226 g/mol. The van der Waals surface area contributed by atoms with Crippen molar-refractivity contribution in [1.29, 1.82) is 0 Å². The molecule has 0 radical (unpaired) electrons. The lowest BCUT2D eigenvalue weighted by Crippen LogP contribution is -2.14. The number of aromatic nitrogens is 2. The molecule has 0 fully saturated rings. The summed E-state index contributed by atoms with van der Waals surface area (Å²) in [7, 11) is 0. The highest BCUT2D eigenvalue weighted by molar-refractivity contribution is 5.87. The van der Waals surface area contributed by atoms with Crippen LogP contribution in [-0.2, 0) is 13.1 Å². The smallest absolute Gasteiger partial charge is 0.158 e. The first-order valence-electron chi connectivity index (χ1n) is 5.95. The van der Waals surface area contributed by atoms with Gasteiger partial charge in [0.1, 0.15) is 5.52 Å². The van der Waals surface area contributed by atoms with Crippen molar-refractivity contribution in [1.82, 2.24) is 10.3 Å². The van der Waals surface area contributed by atoms with E-state index in [2.05, 4.69) is 45.5 Å². The molecule has 2 heterocycles. The summed E-state index contributed by atoms with van der Waals surface area (Å²) in [6, 6.07) is 14.5. The predicted molar refractivity (Wildman–Crippen MR) is 68.1 cm³/mol. The number of nitrogens with zero attached hydrogens (tertiary/aromatic N) is 3. The molecule has 88 valence electrons. The number of fused-ring (bicyclic) bond motifs is 2. The van der Waals surface area contributed by atoms with Crippen molar-refractivity contribution < 1.29 is 4.63 Å². The second-order valence-corrected chi connectivity index (χ2v) is 4.53. The van der Waals surface area contributed by atoms with Gasteiger partial charge in [0, 0.05) is 13.1 Å². The van der Waals surface area contributed by atoms with E-state index in [1.165, 1.54) is 11.1 Å². The van der Waals surface area contributed by atoms with Gasteiger partial charge >= 0.3 is 0 Å². The van der Waals surface area contributed by atoms with E-state index in [1.807, 2.05) is 12.1 Å². The van der Waals surface area contributed by atoms with Gasteiger partial charge in [0.25, 0.3) is 0 Å². The third-order valence-corrected chi connectivity index (χ3v) is 3.45. The minimum atomic E-state index is 0.809. The Bertz CT molecular complexity index is 695. The molecular formula is C14H11N3O. The summed E-state index contributed by atoms with van der Waals surface area (Å²) in [5.74, 6) is 0. The molecule has 1 aliphatic heterocycles. The van der Waals surface area contributed by atoms with Gasteiger partial charge in [-0.3, -0.25) is 0 Å².